The Balaban J connectivity index is 1.89. The Morgan fingerprint density at radius 1 is 0.700 bits per heavy atom. The Hall–Kier alpha value is -3.37. The first-order valence-electron chi connectivity index (χ1n) is 9.91. The van der Waals surface area contributed by atoms with Crippen LogP contribution in [0.4, 0.5) is 0 Å². The van der Waals surface area contributed by atoms with E-state index < -0.39 is 15.1 Å². The van der Waals surface area contributed by atoms with Crippen LogP contribution in [0.1, 0.15) is 22.1 Å². The van der Waals surface area contributed by atoms with Crippen LogP contribution in [0, 0.1) is 6.92 Å². The number of aromatic nitrogens is 1. The third kappa shape index (κ3) is 2.92. The number of fused-ring (bicyclic) bond motifs is 2. The molecule has 0 aliphatic heterocycles. The van der Waals surface area contributed by atoms with E-state index in [9.17, 15) is 8.42 Å². The highest BCUT2D eigenvalue weighted by Gasteiger charge is 2.35. The average Bonchev–Trinajstić information content (AvgIpc) is 3.10. The van der Waals surface area contributed by atoms with Gasteiger partial charge >= 0.3 is 0 Å². The number of sulfone groups is 1. The lowest BCUT2D eigenvalue weighted by atomic mass is 9.96. The molecule has 0 spiro atoms. The molecule has 5 aromatic rings. The van der Waals surface area contributed by atoms with Crippen molar-refractivity contribution < 1.29 is 8.42 Å². The molecule has 30 heavy (non-hydrogen) atoms. The monoisotopic (exact) mass is 411 g/mol. The second kappa shape index (κ2) is 7.15. The molecule has 1 N–H and O–H groups in total. The van der Waals surface area contributed by atoms with Crippen molar-refractivity contribution >= 4 is 31.5 Å². The second-order valence-electron chi connectivity index (χ2n) is 7.52. The molecule has 1 heterocycles. The molecule has 0 saturated heterocycles. The van der Waals surface area contributed by atoms with E-state index in [0.29, 0.717) is 4.90 Å². The average molecular weight is 412 g/mol. The van der Waals surface area contributed by atoms with E-state index >= 15 is 0 Å². The molecule has 1 unspecified atom stereocenters. The van der Waals surface area contributed by atoms with Crippen LogP contribution in [-0.4, -0.2) is 13.4 Å². The minimum Gasteiger partial charge on any atom is -0.358 e. The molecule has 0 aliphatic rings. The smallest absolute Gasteiger partial charge is 0.189 e. The zero-order valence-electron chi connectivity index (χ0n) is 16.5. The van der Waals surface area contributed by atoms with Gasteiger partial charge in [-0.3, -0.25) is 0 Å². The first kappa shape index (κ1) is 18.6. The van der Waals surface area contributed by atoms with E-state index in [1.54, 1.807) is 24.3 Å². The lowest BCUT2D eigenvalue weighted by molar-refractivity contribution is 0.589. The Bertz CT molecular complexity index is 1460. The minimum absolute atomic E-state index is 0.326. The van der Waals surface area contributed by atoms with Crippen LogP contribution < -0.4 is 0 Å². The predicted molar refractivity (Wildman–Crippen MR) is 122 cm³/mol. The third-order valence-corrected chi connectivity index (χ3v) is 7.73. The van der Waals surface area contributed by atoms with Gasteiger partial charge in [-0.25, -0.2) is 8.42 Å². The SMILES string of the molecule is Cc1[nH]c2ccccc2c1C(c1cccc2ccccc12)S(=O)(=O)c1ccccc1. The van der Waals surface area contributed by atoms with Crippen LogP contribution in [0.25, 0.3) is 21.7 Å². The van der Waals surface area contributed by atoms with Gasteiger partial charge in [-0.15, -0.1) is 0 Å². The zero-order valence-corrected chi connectivity index (χ0v) is 17.4. The number of para-hydroxylation sites is 1. The molecule has 0 bridgehead atoms. The number of hydrogen-bond donors (Lipinski definition) is 1. The van der Waals surface area contributed by atoms with Crippen molar-refractivity contribution in [1.82, 2.24) is 4.98 Å². The topological polar surface area (TPSA) is 49.9 Å². The number of aryl methyl sites for hydroxylation is 1. The molecule has 0 radical (unpaired) electrons. The fourth-order valence-corrected chi connectivity index (χ4v) is 6.30. The number of hydrogen-bond acceptors (Lipinski definition) is 2. The van der Waals surface area contributed by atoms with Crippen LogP contribution >= 0.6 is 0 Å². The van der Waals surface area contributed by atoms with E-state index in [4.69, 9.17) is 0 Å². The maximum Gasteiger partial charge on any atom is 0.189 e. The van der Waals surface area contributed by atoms with E-state index in [0.717, 1.165) is 38.5 Å². The normalized spacial score (nSPS) is 13.0. The molecule has 3 nitrogen and oxygen atoms in total. The first-order valence-corrected chi connectivity index (χ1v) is 11.5. The largest absolute Gasteiger partial charge is 0.358 e. The summed E-state index contributed by atoms with van der Waals surface area (Å²) in [6.07, 6.45) is 0. The molecule has 1 aromatic heterocycles. The van der Waals surface area contributed by atoms with Crippen molar-refractivity contribution in [2.24, 2.45) is 0 Å². The van der Waals surface area contributed by atoms with Crippen LogP contribution in [0.2, 0.25) is 0 Å². The maximum atomic E-state index is 14.1. The van der Waals surface area contributed by atoms with Crippen LogP contribution in [0.3, 0.4) is 0 Å². The molecule has 148 valence electrons. The highest BCUT2D eigenvalue weighted by atomic mass is 32.2. The summed E-state index contributed by atoms with van der Waals surface area (Å²) in [5, 5.41) is 2.10. The summed E-state index contributed by atoms with van der Waals surface area (Å²) in [7, 11) is -3.70. The van der Waals surface area contributed by atoms with Gasteiger partial charge in [0.25, 0.3) is 0 Å². The van der Waals surface area contributed by atoms with Gasteiger partial charge in [0, 0.05) is 22.2 Å². The molecule has 4 aromatic carbocycles. The molecule has 0 aliphatic carbocycles. The standard InChI is InChI=1S/C26H21NO2S/c1-18-25(23-15-7-8-17-24(23)27-18)26(30(28,29)20-12-3-2-4-13-20)22-16-9-11-19-10-5-6-14-21(19)22/h2-17,26-27H,1H3. The molecule has 0 amide bonds. The lowest BCUT2D eigenvalue weighted by Crippen LogP contribution is -2.16. The zero-order chi connectivity index (χ0) is 20.7. The van der Waals surface area contributed by atoms with Crippen molar-refractivity contribution in [3.8, 4) is 0 Å². The predicted octanol–water partition coefficient (Wildman–Crippen LogP) is 6.19. The van der Waals surface area contributed by atoms with Crippen molar-refractivity contribution in [2.45, 2.75) is 17.1 Å². The highest BCUT2D eigenvalue weighted by Crippen LogP contribution is 2.42. The summed E-state index contributed by atoms with van der Waals surface area (Å²) in [5.41, 5.74) is 3.42. The van der Waals surface area contributed by atoms with Gasteiger partial charge in [-0.1, -0.05) is 78.9 Å². The fourth-order valence-electron chi connectivity index (χ4n) is 4.34. The molecular formula is C26H21NO2S. The summed E-state index contributed by atoms with van der Waals surface area (Å²) >= 11 is 0. The van der Waals surface area contributed by atoms with Gasteiger partial charge in [0.2, 0.25) is 0 Å². The summed E-state index contributed by atoms with van der Waals surface area (Å²) in [6.45, 7) is 1.95. The summed E-state index contributed by atoms with van der Waals surface area (Å²) in [6, 6.07) is 30.5. The van der Waals surface area contributed by atoms with Crippen molar-refractivity contribution in [1.29, 1.82) is 0 Å². The maximum absolute atomic E-state index is 14.1. The number of rotatable bonds is 4. The van der Waals surface area contributed by atoms with E-state index in [1.807, 2.05) is 79.7 Å². The molecule has 4 heteroatoms. The van der Waals surface area contributed by atoms with Crippen LogP contribution in [-0.2, 0) is 9.84 Å². The minimum atomic E-state index is -3.70. The van der Waals surface area contributed by atoms with E-state index in [-0.39, 0.29) is 0 Å². The van der Waals surface area contributed by atoms with Crippen LogP contribution in [0.15, 0.2) is 102 Å². The quantitative estimate of drug-likeness (QED) is 0.383. The number of aromatic amines is 1. The third-order valence-electron chi connectivity index (χ3n) is 5.69. The lowest BCUT2D eigenvalue weighted by Gasteiger charge is -2.21. The molecular weight excluding hydrogens is 390 g/mol. The van der Waals surface area contributed by atoms with Gasteiger partial charge in [0.05, 0.1) is 4.90 Å². The Morgan fingerprint density at radius 3 is 2.13 bits per heavy atom. The van der Waals surface area contributed by atoms with Gasteiger partial charge in [-0.2, -0.15) is 0 Å². The summed E-state index contributed by atoms with van der Waals surface area (Å²) in [5.74, 6) is 0. The van der Waals surface area contributed by atoms with Crippen molar-refractivity contribution in [3.05, 3.63) is 114 Å². The summed E-state index contributed by atoms with van der Waals surface area (Å²) in [4.78, 5) is 3.71. The van der Waals surface area contributed by atoms with Gasteiger partial charge in [0.15, 0.2) is 9.84 Å². The van der Waals surface area contributed by atoms with Crippen LogP contribution in [0.5, 0.6) is 0 Å². The number of benzene rings is 4. The fraction of sp³-hybridized carbons (Fsp3) is 0.0769. The first-order chi connectivity index (χ1) is 14.6. The van der Waals surface area contributed by atoms with E-state index in [2.05, 4.69) is 4.98 Å². The van der Waals surface area contributed by atoms with Gasteiger partial charge in [0.1, 0.15) is 5.25 Å². The number of nitrogens with one attached hydrogen (secondary N) is 1. The van der Waals surface area contributed by atoms with Crippen molar-refractivity contribution in [2.75, 3.05) is 0 Å². The molecule has 1 atom stereocenters. The Kier molecular flexibility index (Phi) is 4.44. The van der Waals surface area contributed by atoms with Gasteiger partial charge in [-0.05, 0) is 41.5 Å². The van der Waals surface area contributed by atoms with Crippen molar-refractivity contribution in [3.63, 3.8) is 0 Å². The Morgan fingerprint density at radius 2 is 1.33 bits per heavy atom. The molecule has 0 fully saturated rings. The molecule has 5 rings (SSSR count). The van der Waals surface area contributed by atoms with Gasteiger partial charge < -0.3 is 4.98 Å². The molecule has 0 saturated carbocycles. The summed E-state index contributed by atoms with van der Waals surface area (Å²) < 4.78 is 28.1. The van der Waals surface area contributed by atoms with E-state index in [1.165, 1.54) is 0 Å². The Labute approximate surface area is 175 Å². The highest BCUT2D eigenvalue weighted by molar-refractivity contribution is 7.92. The number of H-pyrrole nitrogens is 1. The second-order valence-corrected chi connectivity index (χ2v) is 9.55.